The maximum absolute atomic E-state index is 12.5. The molecule has 1 aliphatic heterocycles. The number of piperazine rings is 1. The number of fused-ring (bicyclic) bond motifs is 1. The van der Waals surface area contributed by atoms with Gasteiger partial charge in [-0.05, 0) is 12.1 Å². The van der Waals surface area contributed by atoms with E-state index in [1.54, 1.807) is 10.8 Å². The molecule has 2 aromatic heterocycles. The van der Waals surface area contributed by atoms with Gasteiger partial charge in [0.25, 0.3) is 5.56 Å². The van der Waals surface area contributed by atoms with Crippen molar-refractivity contribution in [2.24, 2.45) is 0 Å². The van der Waals surface area contributed by atoms with E-state index < -0.39 is 0 Å². The maximum Gasteiger partial charge on any atom is 0.328 e. The number of H-pyrrole nitrogens is 1. The summed E-state index contributed by atoms with van der Waals surface area (Å²) >= 11 is 7.70. The quantitative estimate of drug-likeness (QED) is 0.742. The van der Waals surface area contributed by atoms with Crippen LogP contribution < -0.4 is 16.1 Å². The van der Waals surface area contributed by atoms with Gasteiger partial charge in [0.2, 0.25) is 0 Å². The van der Waals surface area contributed by atoms with Crippen LogP contribution in [0.5, 0.6) is 0 Å². The van der Waals surface area contributed by atoms with Gasteiger partial charge in [0.15, 0.2) is 0 Å². The van der Waals surface area contributed by atoms with Gasteiger partial charge in [0.1, 0.15) is 0 Å². The van der Waals surface area contributed by atoms with Gasteiger partial charge in [-0.2, -0.15) is 0 Å². The van der Waals surface area contributed by atoms with Crippen LogP contribution in [0.1, 0.15) is 0 Å². The second-order valence-corrected chi connectivity index (χ2v) is 7.52. The van der Waals surface area contributed by atoms with Gasteiger partial charge in [0.05, 0.1) is 21.6 Å². The molecule has 8 heteroatoms. The number of nitrogens with zero attached hydrogens (tertiary/aromatic N) is 3. The van der Waals surface area contributed by atoms with Crippen molar-refractivity contribution in [1.29, 1.82) is 0 Å². The van der Waals surface area contributed by atoms with Crippen molar-refractivity contribution >= 4 is 39.5 Å². The molecule has 0 amide bonds. The minimum atomic E-state index is -0.337. The molecule has 0 aliphatic carbocycles. The van der Waals surface area contributed by atoms with E-state index in [9.17, 15) is 9.59 Å². The number of aromatic nitrogens is 2. The fourth-order valence-corrected chi connectivity index (χ4v) is 4.35. The lowest BCUT2D eigenvalue weighted by Gasteiger charge is -2.36. The Labute approximate surface area is 159 Å². The van der Waals surface area contributed by atoms with E-state index in [-0.39, 0.29) is 11.2 Å². The van der Waals surface area contributed by atoms with E-state index in [1.165, 1.54) is 15.9 Å². The number of nitrogens with one attached hydrogen (secondary N) is 1. The van der Waals surface area contributed by atoms with Crippen LogP contribution in [-0.4, -0.2) is 47.2 Å². The number of benzene rings is 1. The first kappa shape index (κ1) is 17.3. The minimum Gasteiger partial charge on any atom is -0.368 e. The third-order valence-corrected chi connectivity index (χ3v) is 5.89. The molecule has 0 unspecified atom stereocenters. The lowest BCUT2D eigenvalue weighted by atomic mass is 10.2. The standard InChI is InChI=1S/C18H19ClN4O2S/c19-14-3-1-2-4-16(14)22-8-5-21(6-9-22)7-10-23-17(24)13-11-26-12-15(13)20-18(23)25/h1-4,11-12H,5-10H2,(H,20,25). The number of halogens is 1. The van der Waals surface area contributed by atoms with Crippen LogP contribution in [0.2, 0.25) is 5.02 Å². The van der Waals surface area contributed by atoms with Gasteiger partial charge in [-0.15, -0.1) is 11.3 Å². The average molecular weight is 391 g/mol. The normalized spacial score (nSPS) is 15.7. The second kappa shape index (κ2) is 7.26. The third kappa shape index (κ3) is 3.30. The number of thiophene rings is 1. The van der Waals surface area contributed by atoms with Crippen LogP contribution in [0.25, 0.3) is 10.9 Å². The SMILES string of the molecule is O=c1[nH]c2cscc2c(=O)n1CCN1CCN(c2ccccc2Cl)CC1. The largest absolute Gasteiger partial charge is 0.368 e. The summed E-state index contributed by atoms with van der Waals surface area (Å²) in [4.78, 5) is 32.0. The van der Waals surface area contributed by atoms with Crippen molar-refractivity contribution in [1.82, 2.24) is 14.5 Å². The van der Waals surface area contributed by atoms with E-state index in [2.05, 4.69) is 14.8 Å². The lowest BCUT2D eigenvalue weighted by molar-refractivity contribution is 0.246. The van der Waals surface area contributed by atoms with Gasteiger partial charge >= 0.3 is 5.69 Å². The molecule has 0 atom stereocenters. The summed E-state index contributed by atoms with van der Waals surface area (Å²) in [5.41, 5.74) is 1.13. The Kier molecular flexibility index (Phi) is 4.84. The molecule has 1 N–H and O–H groups in total. The zero-order chi connectivity index (χ0) is 18.1. The highest BCUT2D eigenvalue weighted by Crippen LogP contribution is 2.25. The molecule has 3 aromatic rings. The Bertz CT molecular complexity index is 1030. The number of hydrogen-bond donors (Lipinski definition) is 1. The van der Waals surface area contributed by atoms with Crippen LogP contribution in [0.4, 0.5) is 5.69 Å². The van der Waals surface area contributed by atoms with Crippen LogP contribution in [0, 0.1) is 0 Å². The highest BCUT2D eigenvalue weighted by Gasteiger charge is 2.19. The number of para-hydroxylation sites is 1. The predicted molar refractivity (Wildman–Crippen MR) is 107 cm³/mol. The molecule has 3 heterocycles. The maximum atomic E-state index is 12.5. The van der Waals surface area contributed by atoms with Crippen molar-refractivity contribution in [3.63, 3.8) is 0 Å². The molecule has 1 saturated heterocycles. The Balaban J connectivity index is 1.41. The summed E-state index contributed by atoms with van der Waals surface area (Å²) in [6.07, 6.45) is 0. The molecule has 136 valence electrons. The van der Waals surface area contributed by atoms with Crippen LogP contribution in [0.3, 0.4) is 0 Å². The average Bonchev–Trinajstić information content (AvgIpc) is 3.11. The minimum absolute atomic E-state index is 0.209. The van der Waals surface area contributed by atoms with Crippen molar-refractivity contribution in [3.8, 4) is 0 Å². The van der Waals surface area contributed by atoms with Crippen LogP contribution in [-0.2, 0) is 6.54 Å². The zero-order valence-corrected chi connectivity index (χ0v) is 15.7. The molecule has 0 bridgehead atoms. The van der Waals surface area contributed by atoms with Crippen molar-refractivity contribution < 1.29 is 0 Å². The van der Waals surface area contributed by atoms with Crippen LogP contribution in [0.15, 0.2) is 44.6 Å². The summed E-state index contributed by atoms with van der Waals surface area (Å²) in [6, 6.07) is 7.87. The highest BCUT2D eigenvalue weighted by molar-refractivity contribution is 7.09. The van der Waals surface area contributed by atoms with E-state index in [1.807, 2.05) is 24.3 Å². The fourth-order valence-electron chi connectivity index (χ4n) is 3.34. The number of hydrogen-bond acceptors (Lipinski definition) is 5. The summed E-state index contributed by atoms with van der Waals surface area (Å²) in [5.74, 6) is 0. The first-order valence-corrected chi connectivity index (χ1v) is 9.86. The Morgan fingerprint density at radius 3 is 2.58 bits per heavy atom. The lowest BCUT2D eigenvalue weighted by Crippen LogP contribution is -2.48. The van der Waals surface area contributed by atoms with Crippen molar-refractivity contribution in [2.75, 3.05) is 37.6 Å². The first-order valence-electron chi connectivity index (χ1n) is 8.54. The van der Waals surface area contributed by atoms with Crippen molar-refractivity contribution in [2.45, 2.75) is 6.54 Å². The van der Waals surface area contributed by atoms with Crippen LogP contribution >= 0.6 is 22.9 Å². The summed E-state index contributed by atoms with van der Waals surface area (Å²) < 4.78 is 1.30. The molecular formula is C18H19ClN4O2S. The molecule has 6 nitrogen and oxygen atoms in total. The molecule has 0 saturated carbocycles. The summed E-state index contributed by atoms with van der Waals surface area (Å²) in [7, 11) is 0. The molecule has 4 rings (SSSR count). The zero-order valence-electron chi connectivity index (χ0n) is 14.2. The molecule has 1 aromatic carbocycles. The first-order chi connectivity index (χ1) is 12.6. The molecule has 1 fully saturated rings. The van der Waals surface area contributed by atoms with Gasteiger partial charge in [-0.25, -0.2) is 4.79 Å². The Hall–Kier alpha value is -2.09. The molecule has 0 radical (unpaired) electrons. The molecule has 1 aliphatic rings. The van der Waals surface area contributed by atoms with E-state index in [0.29, 0.717) is 24.0 Å². The summed E-state index contributed by atoms with van der Waals surface area (Å²) in [6.45, 7) is 4.56. The number of aromatic amines is 1. The molecule has 0 spiro atoms. The predicted octanol–water partition coefficient (Wildman–Crippen LogP) is 2.23. The van der Waals surface area contributed by atoms with Gasteiger partial charge in [0, 0.05) is 50.0 Å². The third-order valence-electron chi connectivity index (χ3n) is 4.83. The topological polar surface area (TPSA) is 61.3 Å². The second-order valence-electron chi connectivity index (χ2n) is 6.37. The molecule has 26 heavy (non-hydrogen) atoms. The highest BCUT2D eigenvalue weighted by atomic mass is 35.5. The monoisotopic (exact) mass is 390 g/mol. The van der Waals surface area contributed by atoms with Gasteiger partial charge in [-0.1, -0.05) is 23.7 Å². The fraction of sp³-hybridized carbons (Fsp3) is 0.333. The van der Waals surface area contributed by atoms with Gasteiger partial charge < -0.3 is 9.88 Å². The molecular weight excluding hydrogens is 372 g/mol. The number of anilines is 1. The van der Waals surface area contributed by atoms with E-state index in [0.717, 1.165) is 36.9 Å². The van der Waals surface area contributed by atoms with Crippen molar-refractivity contribution in [3.05, 3.63) is 60.9 Å². The van der Waals surface area contributed by atoms with E-state index >= 15 is 0 Å². The van der Waals surface area contributed by atoms with E-state index in [4.69, 9.17) is 11.6 Å². The smallest absolute Gasteiger partial charge is 0.328 e. The Morgan fingerprint density at radius 2 is 1.81 bits per heavy atom. The number of rotatable bonds is 4. The van der Waals surface area contributed by atoms with Gasteiger partial charge in [-0.3, -0.25) is 14.3 Å². The summed E-state index contributed by atoms with van der Waals surface area (Å²) in [5, 5.41) is 4.92. The Morgan fingerprint density at radius 1 is 1.04 bits per heavy atom.